The molecule has 10 aromatic rings. The Bertz CT molecular complexity index is 3660. The van der Waals surface area contributed by atoms with Crippen LogP contribution in [0, 0.1) is 18.8 Å². The molecule has 0 amide bonds. The van der Waals surface area contributed by atoms with E-state index in [2.05, 4.69) is 278 Å². The molecule has 0 saturated heterocycles. The first-order chi connectivity index (χ1) is 34.9. The van der Waals surface area contributed by atoms with Gasteiger partial charge in [0.15, 0.2) is 0 Å². The molecule has 0 bridgehead atoms. The molecule has 0 unspecified atom stereocenters. The largest absolute Gasteiger partial charge is 0.509 e. The molecule has 1 aliphatic rings. The van der Waals surface area contributed by atoms with Crippen LogP contribution in [-0.2, 0) is 42.7 Å². The number of hydrogen-bond donors (Lipinski definition) is 0. The van der Waals surface area contributed by atoms with Gasteiger partial charge < -0.3 is 19.1 Å². The minimum atomic E-state index is -0.262. The number of nitrogens with zero attached hydrogens (tertiary/aromatic N) is 4. The van der Waals surface area contributed by atoms with E-state index in [1.807, 2.05) is 18.3 Å². The van der Waals surface area contributed by atoms with Gasteiger partial charge in [-0.15, -0.1) is 48.1 Å². The number of anilines is 4. The van der Waals surface area contributed by atoms with Crippen LogP contribution in [0.15, 0.2) is 194 Å². The van der Waals surface area contributed by atoms with Crippen molar-refractivity contribution < 1.29 is 25.8 Å². The van der Waals surface area contributed by atoms with Crippen molar-refractivity contribution >= 4 is 44.6 Å². The van der Waals surface area contributed by atoms with Crippen LogP contribution in [-0.4, -0.2) is 9.55 Å². The van der Waals surface area contributed by atoms with Gasteiger partial charge in [0.25, 0.3) is 0 Å². The maximum absolute atomic E-state index is 6.83. The van der Waals surface area contributed by atoms with Crippen LogP contribution in [0.5, 0.6) is 11.5 Å². The van der Waals surface area contributed by atoms with E-state index in [1.54, 1.807) is 0 Å². The average Bonchev–Trinajstić information content (AvgIpc) is 3.94. The predicted molar refractivity (Wildman–Crippen MR) is 304 cm³/mol. The second-order valence-corrected chi connectivity index (χ2v) is 22.7. The van der Waals surface area contributed by atoms with Gasteiger partial charge >= 0.3 is 0 Å². The van der Waals surface area contributed by atoms with Crippen LogP contribution in [0.25, 0.3) is 38.8 Å². The summed E-state index contributed by atoms with van der Waals surface area (Å²) in [6.45, 7) is 25.0. The predicted octanol–water partition coefficient (Wildman–Crippen LogP) is 17.9. The Morgan fingerprint density at radius 2 is 1.05 bits per heavy atom. The molecule has 11 rings (SSSR count). The van der Waals surface area contributed by atoms with Gasteiger partial charge in [-0.25, -0.2) is 4.98 Å². The fourth-order valence-electron chi connectivity index (χ4n) is 10.3. The molecule has 0 spiro atoms. The number of hydrogen-bond acceptors (Lipinski definition) is 4. The average molecular weight is 1150 g/mol. The second kappa shape index (κ2) is 19.3. The van der Waals surface area contributed by atoms with Crippen molar-refractivity contribution in [2.75, 3.05) is 9.80 Å². The molecule has 5 nitrogen and oxygen atoms in total. The monoisotopic (exact) mass is 1150 g/mol. The molecule has 1 aliphatic heterocycles. The van der Waals surface area contributed by atoms with Gasteiger partial charge in [0.05, 0.1) is 0 Å². The molecule has 0 aliphatic carbocycles. The zero-order chi connectivity index (χ0) is 50.9. The third-order valence-corrected chi connectivity index (χ3v) is 15.1. The fourth-order valence-corrected chi connectivity index (χ4v) is 10.3. The Hall–Kier alpha value is -7.20. The van der Waals surface area contributed by atoms with E-state index in [4.69, 9.17) is 9.72 Å². The first-order valence-electron chi connectivity index (χ1n) is 25.5. The summed E-state index contributed by atoms with van der Waals surface area (Å²) >= 11 is 0. The molecule has 0 radical (unpaired) electrons. The Kier molecular flexibility index (Phi) is 13.1. The molecule has 0 fully saturated rings. The zero-order valence-electron chi connectivity index (χ0n) is 44.1. The van der Waals surface area contributed by atoms with Crippen molar-refractivity contribution in [3.8, 4) is 28.4 Å². The smallest absolute Gasteiger partial charge is 0.135 e. The summed E-state index contributed by atoms with van der Waals surface area (Å²) in [6.07, 6.45) is 1.94. The van der Waals surface area contributed by atoms with E-state index < -0.39 is 0 Å². The third-order valence-electron chi connectivity index (χ3n) is 15.1. The van der Waals surface area contributed by atoms with Crippen molar-refractivity contribution in [3.63, 3.8) is 0 Å². The Morgan fingerprint density at radius 3 is 1.73 bits per heavy atom. The quantitative estimate of drug-likeness (QED) is 0.128. The molecule has 74 heavy (non-hydrogen) atoms. The summed E-state index contributed by atoms with van der Waals surface area (Å²) in [7, 11) is 0. The van der Waals surface area contributed by atoms with E-state index in [9.17, 15) is 0 Å². The van der Waals surface area contributed by atoms with E-state index in [-0.39, 0.29) is 42.7 Å². The molecule has 6 heteroatoms. The van der Waals surface area contributed by atoms with E-state index in [0.717, 1.165) is 50.4 Å². The zero-order valence-corrected chi connectivity index (χ0v) is 46.3. The number of ether oxygens (including phenoxy) is 1. The Balaban J connectivity index is 0.00000626. The van der Waals surface area contributed by atoms with Gasteiger partial charge in [-0.05, 0) is 103 Å². The number of pyridine rings is 1. The maximum atomic E-state index is 6.83. The fraction of sp³-hybridized carbons (Fsp3) is 0.206. The first-order valence-corrected chi connectivity index (χ1v) is 25.5. The summed E-state index contributed by atoms with van der Waals surface area (Å²) in [4.78, 5) is 9.63. The van der Waals surface area contributed by atoms with Gasteiger partial charge in [-0.1, -0.05) is 190 Å². The molecule has 0 saturated carbocycles. The van der Waals surface area contributed by atoms with Crippen molar-refractivity contribution in [2.45, 2.75) is 90.9 Å². The topological polar surface area (TPSA) is 33.5 Å². The van der Waals surface area contributed by atoms with Crippen LogP contribution in [0.1, 0.15) is 103 Å². The van der Waals surface area contributed by atoms with Crippen LogP contribution >= 0.6 is 0 Å². The molecular formula is C68H63N4OPt-3. The van der Waals surface area contributed by atoms with Crippen molar-refractivity contribution in [1.29, 1.82) is 0 Å². The molecule has 2 aromatic heterocycles. The summed E-state index contributed by atoms with van der Waals surface area (Å²) in [5.74, 6) is 2.02. The van der Waals surface area contributed by atoms with Crippen molar-refractivity contribution in [3.05, 3.63) is 246 Å². The van der Waals surface area contributed by atoms with Crippen LogP contribution < -0.4 is 14.5 Å². The molecule has 0 N–H and O–H groups in total. The molecule has 0 atom stereocenters. The summed E-state index contributed by atoms with van der Waals surface area (Å²) in [6, 6.07) is 75.0. The van der Waals surface area contributed by atoms with E-state index in [1.165, 1.54) is 44.5 Å². The van der Waals surface area contributed by atoms with Crippen LogP contribution in [0.3, 0.4) is 0 Å². The number of aromatic nitrogens is 2. The maximum Gasteiger partial charge on any atom is 0.135 e. The Morgan fingerprint density at radius 1 is 0.446 bits per heavy atom. The summed E-state index contributed by atoms with van der Waals surface area (Å²) in [5.41, 5.74) is 15.2. The molecule has 3 heterocycles. The summed E-state index contributed by atoms with van der Waals surface area (Å²) < 4.78 is 9.08. The van der Waals surface area contributed by atoms with Gasteiger partial charge in [-0.2, -0.15) is 12.1 Å². The SMILES string of the molecule is CC(C)(C)c1ccc2c(c1)N(c1[c-]c(Oc3[c-]c4c(cc3)c3ccc(C(C)(C)C)cc3n4-c3cc(C(C)(C)c4ccccc4)ccn3)ccc1)[CH-]N2c1cc(-c2ccccc2)cc(C(C)(C)c2ccccc2)c1.[Pt]. The minimum Gasteiger partial charge on any atom is -0.509 e. The molecule has 374 valence electrons. The van der Waals surface area contributed by atoms with Crippen molar-refractivity contribution in [1.82, 2.24) is 9.55 Å². The van der Waals surface area contributed by atoms with Crippen LogP contribution in [0.2, 0.25) is 0 Å². The Labute approximate surface area is 452 Å². The number of fused-ring (bicyclic) bond motifs is 4. The molecule has 8 aromatic carbocycles. The van der Waals surface area contributed by atoms with E-state index >= 15 is 0 Å². The first kappa shape index (κ1) is 50.3. The van der Waals surface area contributed by atoms with Crippen LogP contribution in [0.4, 0.5) is 22.7 Å². The normalized spacial score (nSPS) is 13.1. The van der Waals surface area contributed by atoms with E-state index in [0.29, 0.717) is 11.5 Å². The second-order valence-electron chi connectivity index (χ2n) is 22.7. The van der Waals surface area contributed by atoms with Gasteiger partial charge in [0.1, 0.15) is 5.82 Å². The number of rotatable bonds is 10. The van der Waals surface area contributed by atoms with Crippen molar-refractivity contribution in [2.24, 2.45) is 0 Å². The number of benzene rings is 8. The van der Waals surface area contributed by atoms with Gasteiger partial charge in [0.2, 0.25) is 0 Å². The molecular weight excluding hydrogens is 1080 g/mol. The third kappa shape index (κ3) is 9.37. The standard InChI is InChI=1S/C68H63N4O.Pt/c1-65(2,3)50-29-32-58-59-33-31-57(44-62(59)72(61(58)40-50)64-42-52(35-36-69-64)67(7,8)48-23-16-12-17-24-48)73-56-28-20-27-54(43-56)70-45-71(60-34-30-51(41-63(60)70)66(4,5)6)55-38-47(46-21-14-11-15-22-46)37-53(39-55)68(9,10)49-25-18-13-19-26-49;/h11-42,45H,1-10H3;/q-3;. The summed E-state index contributed by atoms with van der Waals surface area (Å²) in [5, 5.41) is 2.22. The minimum absolute atomic E-state index is 0. The van der Waals surface area contributed by atoms with Gasteiger partial charge in [-0.3, -0.25) is 0 Å². The van der Waals surface area contributed by atoms with Gasteiger partial charge in [0, 0.05) is 72.2 Å².